The molecular formula is C5H10FNO. The van der Waals surface area contributed by atoms with Crippen LogP contribution in [-0.2, 0) is 0 Å². The number of nitrogens with two attached hydrogens (primary N) is 1. The molecule has 1 rings (SSSR count). The fourth-order valence-electron chi connectivity index (χ4n) is 0.654. The molecule has 1 aliphatic carbocycles. The van der Waals surface area contributed by atoms with Gasteiger partial charge in [-0.2, -0.15) is 0 Å². The van der Waals surface area contributed by atoms with Crippen molar-refractivity contribution in [3.8, 4) is 0 Å². The molecule has 0 aromatic rings. The van der Waals surface area contributed by atoms with E-state index in [0.717, 1.165) is 0 Å². The molecule has 1 fully saturated rings. The maximum Gasteiger partial charge on any atom is 0.128 e. The molecule has 3 N–H and O–H groups in total. The van der Waals surface area contributed by atoms with Crippen LogP contribution in [0, 0.1) is 0 Å². The molecular weight excluding hydrogens is 109 g/mol. The summed E-state index contributed by atoms with van der Waals surface area (Å²) in [6.45, 7) is -0.240. The summed E-state index contributed by atoms with van der Waals surface area (Å²) in [5.74, 6) is 0. The van der Waals surface area contributed by atoms with Crippen LogP contribution in [-0.4, -0.2) is 23.4 Å². The molecule has 0 unspecified atom stereocenters. The SMILES string of the molecule is N[C@H](CO)C1(F)CC1. The highest BCUT2D eigenvalue weighted by molar-refractivity contribution is 5.02. The molecule has 0 saturated heterocycles. The van der Waals surface area contributed by atoms with Crippen molar-refractivity contribution in [1.82, 2.24) is 0 Å². The van der Waals surface area contributed by atoms with Gasteiger partial charge in [0.05, 0.1) is 12.6 Å². The fraction of sp³-hybridized carbons (Fsp3) is 1.00. The minimum Gasteiger partial charge on any atom is -0.395 e. The highest BCUT2D eigenvalue weighted by atomic mass is 19.1. The van der Waals surface area contributed by atoms with Gasteiger partial charge in [-0.05, 0) is 12.8 Å². The lowest BCUT2D eigenvalue weighted by atomic mass is 10.2. The standard InChI is InChI=1S/C5H10FNO/c6-5(1-2-5)4(7)3-8/h4,8H,1-3,7H2/t4-/m1/s1. The Morgan fingerprint density at radius 3 is 2.38 bits per heavy atom. The van der Waals surface area contributed by atoms with Gasteiger partial charge in [0.1, 0.15) is 5.67 Å². The van der Waals surface area contributed by atoms with Crippen molar-refractivity contribution in [2.75, 3.05) is 6.61 Å². The zero-order valence-electron chi connectivity index (χ0n) is 4.60. The van der Waals surface area contributed by atoms with Crippen LogP contribution in [0.2, 0.25) is 0 Å². The average molecular weight is 119 g/mol. The summed E-state index contributed by atoms with van der Waals surface area (Å²) in [5.41, 5.74) is 3.97. The molecule has 48 valence electrons. The van der Waals surface area contributed by atoms with Gasteiger partial charge in [0.15, 0.2) is 0 Å². The van der Waals surface area contributed by atoms with E-state index in [1.807, 2.05) is 0 Å². The first kappa shape index (κ1) is 5.98. The van der Waals surface area contributed by atoms with Crippen molar-refractivity contribution in [3.05, 3.63) is 0 Å². The molecule has 2 nitrogen and oxygen atoms in total. The lowest BCUT2D eigenvalue weighted by Gasteiger charge is -2.10. The van der Waals surface area contributed by atoms with Gasteiger partial charge < -0.3 is 10.8 Å². The quantitative estimate of drug-likeness (QED) is 0.529. The Kier molecular flexibility index (Phi) is 1.25. The fourth-order valence-corrected chi connectivity index (χ4v) is 0.654. The Morgan fingerprint density at radius 2 is 2.25 bits per heavy atom. The van der Waals surface area contributed by atoms with Crippen molar-refractivity contribution >= 4 is 0 Å². The lowest BCUT2D eigenvalue weighted by molar-refractivity contribution is 0.173. The summed E-state index contributed by atoms with van der Waals surface area (Å²) >= 11 is 0. The van der Waals surface area contributed by atoms with Crippen molar-refractivity contribution < 1.29 is 9.50 Å². The van der Waals surface area contributed by atoms with Gasteiger partial charge in [0.25, 0.3) is 0 Å². The van der Waals surface area contributed by atoms with Crippen LogP contribution in [0.15, 0.2) is 0 Å². The number of alkyl halides is 1. The molecule has 8 heavy (non-hydrogen) atoms. The summed E-state index contributed by atoms with van der Waals surface area (Å²) < 4.78 is 12.6. The Hall–Kier alpha value is -0.150. The second kappa shape index (κ2) is 1.67. The van der Waals surface area contributed by atoms with E-state index in [1.165, 1.54) is 0 Å². The van der Waals surface area contributed by atoms with Gasteiger partial charge in [-0.3, -0.25) is 0 Å². The van der Waals surface area contributed by atoms with Crippen LogP contribution in [0.25, 0.3) is 0 Å². The van der Waals surface area contributed by atoms with Gasteiger partial charge in [-0.15, -0.1) is 0 Å². The summed E-state index contributed by atoms with van der Waals surface area (Å²) in [6.07, 6.45) is 1.05. The van der Waals surface area contributed by atoms with E-state index in [9.17, 15) is 4.39 Å². The molecule has 0 bridgehead atoms. The second-order valence-corrected chi connectivity index (χ2v) is 2.32. The van der Waals surface area contributed by atoms with Crippen LogP contribution in [0.4, 0.5) is 4.39 Å². The highest BCUT2D eigenvalue weighted by Crippen LogP contribution is 2.41. The smallest absolute Gasteiger partial charge is 0.128 e. The average Bonchev–Trinajstić information content (AvgIpc) is 2.47. The van der Waals surface area contributed by atoms with Gasteiger partial charge >= 0.3 is 0 Å². The first-order chi connectivity index (χ1) is 3.69. The largest absolute Gasteiger partial charge is 0.395 e. The first-order valence-corrected chi connectivity index (χ1v) is 2.74. The third-order valence-electron chi connectivity index (χ3n) is 1.59. The van der Waals surface area contributed by atoms with Crippen molar-refractivity contribution in [2.24, 2.45) is 5.73 Å². The molecule has 0 heterocycles. The molecule has 0 aromatic heterocycles. The first-order valence-electron chi connectivity index (χ1n) is 2.74. The minimum atomic E-state index is -1.21. The number of hydrogen-bond donors (Lipinski definition) is 2. The maximum absolute atomic E-state index is 12.6. The summed E-state index contributed by atoms with van der Waals surface area (Å²) in [5, 5.41) is 8.35. The number of halogens is 1. The van der Waals surface area contributed by atoms with Crippen LogP contribution in [0.1, 0.15) is 12.8 Å². The van der Waals surface area contributed by atoms with Crippen molar-refractivity contribution in [2.45, 2.75) is 24.6 Å². The summed E-state index contributed by atoms with van der Waals surface area (Å²) in [4.78, 5) is 0. The van der Waals surface area contributed by atoms with Crippen LogP contribution in [0.5, 0.6) is 0 Å². The maximum atomic E-state index is 12.6. The number of rotatable bonds is 2. The van der Waals surface area contributed by atoms with Gasteiger partial charge in [-0.1, -0.05) is 0 Å². The van der Waals surface area contributed by atoms with Crippen LogP contribution >= 0.6 is 0 Å². The molecule has 1 saturated carbocycles. The molecule has 0 radical (unpaired) electrons. The Balaban J connectivity index is 2.34. The van der Waals surface area contributed by atoms with E-state index in [0.29, 0.717) is 12.8 Å². The van der Waals surface area contributed by atoms with E-state index < -0.39 is 11.7 Å². The predicted octanol–water partition coefficient (Wildman–Crippen LogP) is -0.192. The zero-order valence-corrected chi connectivity index (χ0v) is 4.60. The van der Waals surface area contributed by atoms with Gasteiger partial charge in [0.2, 0.25) is 0 Å². The number of hydrogen-bond acceptors (Lipinski definition) is 2. The van der Waals surface area contributed by atoms with E-state index in [-0.39, 0.29) is 6.61 Å². The Bertz CT molecular complexity index is 92.4. The lowest BCUT2D eigenvalue weighted by Crippen LogP contribution is -2.36. The van der Waals surface area contributed by atoms with E-state index in [1.54, 1.807) is 0 Å². The summed E-state index contributed by atoms with van der Waals surface area (Å²) in [6, 6.07) is -0.650. The summed E-state index contributed by atoms with van der Waals surface area (Å²) in [7, 11) is 0. The normalized spacial score (nSPS) is 27.4. The van der Waals surface area contributed by atoms with E-state index in [4.69, 9.17) is 10.8 Å². The predicted molar refractivity (Wildman–Crippen MR) is 28.1 cm³/mol. The molecule has 0 spiro atoms. The van der Waals surface area contributed by atoms with E-state index >= 15 is 0 Å². The van der Waals surface area contributed by atoms with Crippen LogP contribution < -0.4 is 5.73 Å². The Morgan fingerprint density at radius 1 is 1.75 bits per heavy atom. The monoisotopic (exact) mass is 119 g/mol. The minimum absolute atomic E-state index is 0.240. The Labute approximate surface area is 47.5 Å². The topological polar surface area (TPSA) is 46.2 Å². The molecule has 0 aliphatic heterocycles. The third kappa shape index (κ3) is 0.833. The molecule has 0 aromatic carbocycles. The van der Waals surface area contributed by atoms with E-state index in [2.05, 4.69) is 0 Å². The number of aliphatic hydroxyl groups excluding tert-OH is 1. The molecule has 0 amide bonds. The third-order valence-corrected chi connectivity index (χ3v) is 1.59. The van der Waals surface area contributed by atoms with Crippen LogP contribution in [0.3, 0.4) is 0 Å². The highest BCUT2D eigenvalue weighted by Gasteiger charge is 2.48. The zero-order chi connectivity index (χ0) is 6.20. The molecule has 1 atom stereocenters. The van der Waals surface area contributed by atoms with Gasteiger partial charge in [-0.25, -0.2) is 4.39 Å². The number of aliphatic hydroxyl groups is 1. The second-order valence-electron chi connectivity index (χ2n) is 2.32. The van der Waals surface area contributed by atoms with Crippen molar-refractivity contribution in [1.29, 1.82) is 0 Å². The van der Waals surface area contributed by atoms with Gasteiger partial charge in [0, 0.05) is 0 Å². The molecule has 1 aliphatic rings. The van der Waals surface area contributed by atoms with Crippen molar-refractivity contribution in [3.63, 3.8) is 0 Å². The molecule has 3 heteroatoms.